The van der Waals surface area contributed by atoms with Crippen LogP contribution in [0.1, 0.15) is 45.1 Å². The normalized spacial score (nSPS) is 13.5. The summed E-state index contributed by atoms with van der Waals surface area (Å²) in [6.45, 7) is 0. The lowest BCUT2D eigenvalue weighted by atomic mass is 9.90. The first kappa shape index (κ1) is 19.2. The molecule has 4 nitrogen and oxygen atoms in total. The lowest BCUT2D eigenvalue weighted by Gasteiger charge is -2.18. The van der Waals surface area contributed by atoms with Crippen LogP contribution in [-0.4, -0.2) is 15.5 Å². The zero-order valence-electron chi connectivity index (χ0n) is 16.3. The summed E-state index contributed by atoms with van der Waals surface area (Å²) in [5.74, 6) is -0.927. The molecular weight excluding hydrogens is 412 g/mol. The quantitative estimate of drug-likeness (QED) is 0.437. The molecule has 0 saturated carbocycles. The van der Waals surface area contributed by atoms with Crippen molar-refractivity contribution in [1.82, 2.24) is 9.55 Å². The number of hydrogen-bond acceptors (Lipinski definition) is 4. The van der Waals surface area contributed by atoms with E-state index in [0.29, 0.717) is 5.39 Å². The second kappa shape index (κ2) is 7.78. The first-order chi connectivity index (χ1) is 14.6. The predicted molar refractivity (Wildman–Crippen MR) is 123 cm³/mol. The molecule has 0 spiro atoms. The smallest absolute Gasteiger partial charge is 0.270 e. The van der Waals surface area contributed by atoms with Crippen LogP contribution in [0.4, 0.5) is 0 Å². The maximum atomic E-state index is 13.8. The number of aromatic amines is 1. The van der Waals surface area contributed by atoms with Crippen molar-refractivity contribution in [2.75, 3.05) is 0 Å². The van der Waals surface area contributed by atoms with E-state index in [1.54, 1.807) is 11.3 Å². The molecule has 0 bridgehead atoms. The summed E-state index contributed by atoms with van der Waals surface area (Å²) in [5, 5.41) is 0.636. The Kier molecular flexibility index (Phi) is 4.97. The highest BCUT2D eigenvalue weighted by Gasteiger charge is 2.28. The van der Waals surface area contributed by atoms with E-state index in [1.165, 1.54) is 9.44 Å². The van der Waals surface area contributed by atoms with Gasteiger partial charge in [-0.2, -0.15) is 0 Å². The largest absolute Gasteiger partial charge is 0.323 e. The number of benzene rings is 2. The molecule has 6 heteroatoms. The molecule has 0 atom stereocenters. The fourth-order valence-corrected chi connectivity index (χ4v) is 5.96. The Morgan fingerprint density at radius 1 is 0.967 bits per heavy atom. The Morgan fingerprint density at radius 3 is 2.20 bits per heavy atom. The molecule has 2 aromatic carbocycles. The van der Waals surface area contributed by atoms with Gasteiger partial charge in [0.05, 0.1) is 11.3 Å². The molecule has 1 aliphatic rings. The van der Waals surface area contributed by atoms with Gasteiger partial charge in [0.25, 0.3) is 5.56 Å². The fourth-order valence-electron chi connectivity index (χ4n) is 4.34. The van der Waals surface area contributed by atoms with Gasteiger partial charge in [0, 0.05) is 4.88 Å². The first-order valence-electron chi connectivity index (χ1n) is 10.1. The lowest BCUT2D eigenvalue weighted by Crippen LogP contribution is -2.33. The van der Waals surface area contributed by atoms with E-state index in [1.807, 2.05) is 60.7 Å². The molecule has 150 valence electrons. The number of aromatic nitrogens is 2. The fraction of sp³-hybridized carbons (Fsp3) is 0.208. The molecule has 0 unspecified atom stereocenters. The van der Waals surface area contributed by atoms with Crippen LogP contribution in [0.2, 0.25) is 0 Å². The van der Waals surface area contributed by atoms with Crippen molar-refractivity contribution in [3.63, 3.8) is 0 Å². The van der Waals surface area contributed by atoms with Gasteiger partial charge in [0.1, 0.15) is 4.83 Å². The maximum Gasteiger partial charge on any atom is 0.270 e. The summed E-state index contributed by atoms with van der Waals surface area (Å²) >= 11 is 7.10. The second-order valence-electron chi connectivity index (χ2n) is 7.58. The van der Waals surface area contributed by atoms with Crippen molar-refractivity contribution >= 4 is 39.7 Å². The van der Waals surface area contributed by atoms with Crippen molar-refractivity contribution in [3.05, 3.63) is 97.4 Å². The third-order valence-electron chi connectivity index (χ3n) is 5.74. The average molecular weight is 433 g/mol. The number of carbonyl (C=O) groups is 1. The first-order valence-corrected chi connectivity index (χ1v) is 11.3. The van der Waals surface area contributed by atoms with Gasteiger partial charge in [0.2, 0.25) is 5.91 Å². The number of nitrogens with one attached hydrogen (secondary N) is 1. The Bertz CT molecular complexity index is 1310. The number of carbonyl (C=O) groups excluding carboxylic acids is 1. The van der Waals surface area contributed by atoms with Crippen LogP contribution in [0, 0.1) is 4.77 Å². The molecule has 1 N–H and O–H groups in total. The Balaban J connectivity index is 1.73. The highest BCUT2D eigenvalue weighted by atomic mass is 32.1. The maximum absolute atomic E-state index is 13.8. The highest BCUT2D eigenvalue weighted by Crippen LogP contribution is 2.34. The second-order valence-corrected chi connectivity index (χ2v) is 9.07. The molecule has 0 fully saturated rings. The van der Waals surface area contributed by atoms with Crippen molar-refractivity contribution in [2.45, 2.75) is 31.6 Å². The van der Waals surface area contributed by atoms with Crippen LogP contribution in [0.25, 0.3) is 10.2 Å². The van der Waals surface area contributed by atoms with Gasteiger partial charge in [-0.15, -0.1) is 11.3 Å². The van der Waals surface area contributed by atoms with Gasteiger partial charge in [-0.05, 0) is 54.6 Å². The van der Waals surface area contributed by atoms with E-state index in [9.17, 15) is 9.59 Å². The van der Waals surface area contributed by atoms with E-state index >= 15 is 0 Å². The minimum atomic E-state index is -0.605. The highest BCUT2D eigenvalue weighted by molar-refractivity contribution is 7.71. The Hall–Kier alpha value is -2.83. The molecule has 0 radical (unpaired) electrons. The summed E-state index contributed by atoms with van der Waals surface area (Å²) in [7, 11) is 0. The van der Waals surface area contributed by atoms with Crippen molar-refractivity contribution in [2.24, 2.45) is 0 Å². The molecule has 0 amide bonds. The zero-order valence-corrected chi connectivity index (χ0v) is 17.9. The molecule has 2 aromatic heterocycles. The summed E-state index contributed by atoms with van der Waals surface area (Å²) in [5.41, 5.74) is 2.47. The van der Waals surface area contributed by atoms with E-state index in [-0.39, 0.29) is 16.2 Å². The van der Waals surface area contributed by atoms with E-state index in [0.717, 1.165) is 47.2 Å². The van der Waals surface area contributed by atoms with Gasteiger partial charge >= 0.3 is 0 Å². The number of hydrogen-bond donors (Lipinski definition) is 1. The molecule has 0 aliphatic heterocycles. The minimum absolute atomic E-state index is 0.160. The summed E-state index contributed by atoms with van der Waals surface area (Å²) in [6, 6.07) is 19.1. The van der Waals surface area contributed by atoms with Crippen molar-refractivity contribution in [1.29, 1.82) is 0 Å². The van der Waals surface area contributed by atoms with E-state index < -0.39 is 5.92 Å². The Morgan fingerprint density at radius 2 is 1.57 bits per heavy atom. The van der Waals surface area contributed by atoms with Crippen LogP contribution in [-0.2, 0) is 12.8 Å². The van der Waals surface area contributed by atoms with Crippen LogP contribution in [0.3, 0.4) is 0 Å². The summed E-state index contributed by atoms with van der Waals surface area (Å²) in [6.07, 6.45) is 4.07. The van der Waals surface area contributed by atoms with Gasteiger partial charge in [-0.3, -0.25) is 9.59 Å². The zero-order chi connectivity index (χ0) is 20.7. The lowest BCUT2D eigenvalue weighted by molar-refractivity contribution is 0.0886. The third kappa shape index (κ3) is 3.16. The van der Waals surface area contributed by atoms with Crippen molar-refractivity contribution < 1.29 is 4.79 Å². The standard InChI is InChI=1S/C24H20N2O2S2/c27-22(19(15-9-3-1-4-10-15)16-11-5-2-6-12-16)26-23(28)20-17-13-7-8-14-18(17)30-21(20)25-24(26)29/h1-6,9-12,19H,7-8,13-14H2,(H,25,29). The average Bonchev–Trinajstić information content (AvgIpc) is 3.14. The third-order valence-corrected chi connectivity index (χ3v) is 7.24. The number of nitrogens with zero attached hydrogens (tertiary/aromatic N) is 1. The number of aryl methyl sites for hydroxylation is 2. The van der Waals surface area contributed by atoms with Gasteiger partial charge in [-0.1, -0.05) is 60.7 Å². The van der Waals surface area contributed by atoms with Crippen LogP contribution in [0.5, 0.6) is 0 Å². The predicted octanol–water partition coefficient (Wildman–Crippen LogP) is 5.47. The number of thiophene rings is 1. The van der Waals surface area contributed by atoms with Crippen LogP contribution < -0.4 is 5.56 Å². The van der Waals surface area contributed by atoms with Crippen LogP contribution in [0.15, 0.2) is 65.5 Å². The van der Waals surface area contributed by atoms with Crippen LogP contribution >= 0.6 is 23.6 Å². The molecule has 1 aliphatic carbocycles. The van der Waals surface area contributed by atoms with Gasteiger partial charge < -0.3 is 4.98 Å². The number of rotatable bonds is 3. The molecule has 0 saturated heterocycles. The van der Waals surface area contributed by atoms with Gasteiger partial charge in [-0.25, -0.2) is 4.57 Å². The van der Waals surface area contributed by atoms with E-state index in [4.69, 9.17) is 12.2 Å². The van der Waals surface area contributed by atoms with E-state index in [2.05, 4.69) is 4.98 Å². The molecular formula is C24H20N2O2S2. The number of fused-ring (bicyclic) bond motifs is 3. The summed E-state index contributed by atoms with van der Waals surface area (Å²) < 4.78 is 1.33. The monoisotopic (exact) mass is 432 g/mol. The van der Waals surface area contributed by atoms with Crippen molar-refractivity contribution in [3.8, 4) is 0 Å². The SMILES string of the molecule is O=C(C(c1ccccc1)c1ccccc1)n1c(=S)[nH]c2sc3c(c2c1=O)CCCC3. The number of H-pyrrole nitrogens is 1. The molecule has 5 rings (SSSR count). The topological polar surface area (TPSA) is 54.9 Å². The molecule has 4 aromatic rings. The molecule has 30 heavy (non-hydrogen) atoms. The van der Waals surface area contributed by atoms with Gasteiger partial charge in [0.15, 0.2) is 4.77 Å². The summed E-state index contributed by atoms with van der Waals surface area (Å²) in [4.78, 5) is 32.6. The Labute approximate surface area is 182 Å². The minimum Gasteiger partial charge on any atom is -0.323 e. The molecule has 2 heterocycles.